The number of nitrogen functional groups attached to an aromatic ring is 1. The summed E-state index contributed by atoms with van der Waals surface area (Å²) in [5.74, 6) is 0.415. The van der Waals surface area contributed by atoms with E-state index in [9.17, 15) is 10.1 Å². The fourth-order valence-electron chi connectivity index (χ4n) is 1.34. The molecule has 0 fully saturated rings. The quantitative estimate of drug-likeness (QED) is 0.461. The monoisotopic (exact) mass is 219 g/mol. The highest BCUT2D eigenvalue weighted by atomic mass is 16.6. The molecule has 0 unspecified atom stereocenters. The molecule has 0 aliphatic heterocycles. The van der Waals surface area contributed by atoms with Crippen LogP contribution in [0.15, 0.2) is 24.5 Å². The van der Waals surface area contributed by atoms with Crippen molar-refractivity contribution in [1.29, 1.82) is 0 Å². The molecule has 1 aromatic carbocycles. The van der Waals surface area contributed by atoms with Crippen LogP contribution in [0.2, 0.25) is 0 Å². The number of non-ortho nitro benzene ring substituents is 1. The molecule has 82 valence electrons. The molecule has 2 rings (SSSR count). The summed E-state index contributed by atoms with van der Waals surface area (Å²) in [5, 5.41) is 14.7. The van der Waals surface area contributed by atoms with Gasteiger partial charge in [0.2, 0.25) is 0 Å². The molecule has 0 amide bonds. The minimum absolute atomic E-state index is 0.0672. The van der Waals surface area contributed by atoms with E-state index in [2.05, 4.69) is 10.1 Å². The van der Waals surface area contributed by atoms with Crippen LogP contribution < -0.4 is 5.73 Å². The topological polar surface area (TPSA) is 99.9 Å². The first kappa shape index (κ1) is 10.1. The third-order valence-corrected chi connectivity index (χ3v) is 2.01. The molecule has 0 atom stereocenters. The lowest BCUT2D eigenvalue weighted by Crippen LogP contribution is -1.94. The lowest BCUT2D eigenvalue weighted by molar-refractivity contribution is -0.384. The Bertz CT molecular complexity index is 549. The Morgan fingerprint density at radius 3 is 2.75 bits per heavy atom. The van der Waals surface area contributed by atoms with E-state index in [-0.39, 0.29) is 5.69 Å². The predicted octanol–water partition coefficient (Wildman–Crippen LogP) is 0.972. The van der Waals surface area contributed by atoms with Crippen molar-refractivity contribution < 1.29 is 4.92 Å². The van der Waals surface area contributed by atoms with Gasteiger partial charge < -0.3 is 5.73 Å². The van der Waals surface area contributed by atoms with Crippen LogP contribution in [-0.2, 0) is 7.05 Å². The maximum Gasteiger partial charge on any atom is 0.272 e. The molecule has 0 saturated heterocycles. The lowest BCUT2D eigenvalue weighted by atomic mass is 10.1. The highest BCUT2D eigenvalue weighted by Crippen LogP contribution is 2.24. The zero-order valence-corrected chi connectivity index (χ0v) is 8.49. The number of nitrogens with two attached hydrogens (primary N) is 1. The van der Waals surface area contributed by atoms with E-state index in [0.29, 0.717) is 17.1 Å². The molecule has 1 aromatic heterocycles. The van der Waals surface area contributed by atoms with Crippen molar-refractivity contribution in [3.05, 3.63) is 34.6 Å². The number of hydrogen-bond donors (Lipinski definition) is 1. The van der Waals surface area contributed by atoms with Gasteiger partial charge >= 0.3 is 0 Å². The zero-order valence-electron chi connectivity index (χ0n) is 8.49. The summed E-state index contributed by atoms with van der Waals surface area (Å²) in [7, 11) is 1.72. The predicted molar refractivity (Wildman–Crippen MR) is 57.5 cm³/mol. The molecule has 0 saturated carbocycles. The maximum atomic E-state index is 10.6. The third-order valence-electron chi connectivity index (χ3n) is 2.01. The van der Waals surface area contributed by atoms with E-state index >= 15 is 0 Å². The number of nitro groups is 1. The summed E-state index contributed by atoms with van der Waals surface area (Å²) >= 11 is 0. The van der Waals surface area contributed by atoms with E-state index in [1.807, 2.05) is 0 Å². The fraction of sp³-hybridized carbons (Fsp3) is 0.111. The minimum atomic E-state index is -0.497. The van der Waals surface area contributed by atoms with Gasteiger partial charge in [0.15, 0.2) is 5.82 Å². The van der Waals surface area contributed by atoms with Crippen molar-refractivity contribution in [2.75, 3.05) is 5.73 Å². The first-order valence-corrected chi connectivity index (χ1v) is 4.47. The highest BCUT2D eigenvalue weighted by Gasteiger charge is 2.11. The summed E-state index contributed by atoms with van der Waals surface area (Å²) in [6.07, 6.45) is 1.52. The van der Waals surface area contributed by atoms with Crippen LogP contribution in [0.25, 0.3) is 11.4 Å². The molecule has 0 spiro atoms. The molecule has 16 heavy (non-hydrogen) atoms. The van der Waals surface area contributed by atoms with Gasteiger partial charge in [-0.05, 0) is 6.07 Å². The van der Waals surface area contributed by atoms with Crippen molar-refractivity contribution in [3.63, 3.8) is 0 Å². The highest BCUT2D eigenvalue weighted by molar-refractivity contribution is 5.65. The first-order valence-electron chi connectivity index (χ1n) is 4.47. The van der Waals surface area contributed by atoms with Gasteiger partial charge in [0.05, 0.1) is 4.92 Å². The molecule has 0 aliphatic carbocycles. The first-order chi connectivity index (χ1) is 7.56. The molecule has 0 radical (unpaired) electrons. The fourth-order valence-corrected chi connectivity index (χ4v) is 1.34. The largest absolute Gasteiger partial charge is 0.399 e. The average molecular weight is 219 g/mol. The molecule has 7 heteroatoms. The molecular weight excluding hydrogens is 210 g/mol. The van der Waals surface area contributed by atoms with E-state index in [1.165, 1.54) is 23.1 Å². The second kappa shape index (κ2) is 3.61. The van der Waals surface area contributed by atoms with E-state index < -0.39 is 4.92 Å². The Morgan fingerprint density at radius 1 is 1.44 bits per heavy atom. The maximum absolute atomic E-state index is 10.6. The van der Waals surface area contributed by atoms with Gasteiger partial charge in [-0.25, -0.2) is 4.98 Å². The molecule has 0 aliphatic rings. The number of nitrogens with zero attached hydrogens (tertiary/aromatic N) is 4. The smallest absolute Gasteiger partial charge is 0.272 e. The molecule has 2 N–H and O–H groups in total. The lowest BCUT2D eigenvalue weighted by Gasteiger charge is -1.98. The van der Waals surface area contributed by atoms with Crippen LogP contribution in [0, 0.1) is 10.1 Å². The number of aromatic nitrogens is 3. The molecular formula is C9H9N5O2. The number of benzene rings is 1. The Balaban J connectivity index is 2.53. The Hall–Kier alpha value is -2.44. The van der Waals surface area contributed by atoms with Crippen LogP contribution in [0.4, 0.5) is 11.4 Å². The van der Waals surface area contributed by atoms with Gasteiger partial charge in [-0.2, -0.15) is 5.10 Å². The van der Waals surface area contributed by atoms with Gasteiger partial charge in [-0.3, -0.25) is 14.8 Å². The van der Waals surface area contributed by atoms with Gasteiger partial charge in [-0.1, -0.05) is 0 Å². The zero-order chi connectivity index (χ0) is 11.7. The van der Waals surface area contributed by atoms with Gasteiger partial charge in [0.1, 0.15) is 6.33 Å². The summed E-state index contributed by atoms with van der Waals surface area (Å²) < 4.78 is 1.52. The summed E-state index contributed by atoms with van der Waals surface area (Å²) in [6, 6.07) is 4.29. The van der Waals surface area contributed by atoms with Crippen LogP contribution in [-0.4, -0.2) is 19.7 Å². The number of aryl methyl sites for hydroxylation is 1. The second-order valence-corrected chi connectivity index (χ2v) is 3.31. The van der Waals surface area contributed by atoms with Gasteiger partial charge in [0, 0.05) is 30.4 Å². The third kappa shape index (κ3) is 1.83. The van der Waals surface area contributed by atoms with E-state index in [1.54, 1.807) is 13.1 Å². The summed E-state index contributed by atoms with van der Waals surface area (Å²) in [6.45, 7) is 0. The molecule has 2 aromatic rings. The van der Waals surface area contributed by atoms with Crippen LogP contribution in [0.5, 0.6) is 0 Å². The van der Waals surface area contributed by atoms with Crippen molar-refractivity contribution in [2.24, 2.45) is 7.05 Å². The van der Waals surface area contributed by atoms with Crippen molar-refractivity contribution >= 4 is 11.4 Å². The van der Waals surface area contributed by atoms with E-state index in [4.69, 9.17) is 5.73 Å². The van der Waals surface area contributed by atoms with Crippen molar-refractivity contribution in [3.8, 4) is 11.4 Å². The van der Waals surface area contributed by atoms with Gasteiger partial charge in [-0.15, -0.1) is 0 Å². The number of rotatable bonds is 2. The van der Waals surface area contributed by atoms with Crippen LogP contribution >= 0.6 is 0 Å². The van der Waals surface area contributed by atoms with Crippen molar-refractivity contribution in [1.82, 2.24) is 14.8 Å². The Labute approximate surface area is 90.7 Å². The molecule has 1 heterocycles. The average Bonchev–Trinajstić information content (AvgIpc) is 2.64. The Kier molecular flexibility index (Phi) is 2.28. The Morgan fingerprint density at radius 2 is 2.19 bits per heavy atom. The summed E-state index contributed by atoms with van der Waals surface area (Å²) in [5.41, 5.74) is 6.36. The SMILES string of the molecule is Cn1cnc(-c2cc(N)cc([N+](=O)[O-])c2)n1. The van der Waals surface area contributed by atoms with Crippen LogP contribution in [0.3, 0.4) is 0 Å². The number of hydrogen-bond acceptors (Lipinski definition) is 5. The number of anilines is 1. The van der Waals surface area contributed by atoms with Gasteiger partial charge in [0.25, 0.3) is 5.69 Å². The number of nitro benzene ring substituents is 1. The normalized spacial score (nSPS) is 10.3. The standard InChI is InChI=1S/C9H9N5O2/c1-13-5-11-9(12-13)6-2-7(10)4-8(3-6)14(15)16/h2-5H,10H2,1H3. The minimum Gasteiger partial charge on any atom is -0.399 e. The van der Waals surface area contributed by atoms with Crippen LogP contribution in [0.1, 0.15) is 0 Å². The van der Waals surface area contributed by atoms with Crippen molar-refractivity contribution in [2.45, 2.75) is 0 Å². The molecule has 0 bridgehead atoms. The summed E-state index contributed by atoms with van der Waals surface area (Å²) in [4.78, 5) is 14.1. The molecule has 7 nitrogen and oxygen atoms in total. The second-order valence-electron chi connectivity index (χ2n) is 3.31. The van der Waals surface area contributed by atoms with E-state index in [0.717, 1.165) is 0 Å².